The molecule has 116 valence electrons. The lowest BCUT2D eigenvalue weighted by Crippen LogP contribution is -2.30. The minimum atomic E-state index is -0.288. The van der Waals surface area contributed by atoms with Gasteiger partial charge in [0, 0.05) is 37.5 Å². The van der Waals surface area contributed by atoms with E-state index in [0.29, 0.717) is 28.3 Å². The van der Waals surface area contributed by atoms with Crippen LogP contribution in [-0.4, -0.2) is 40.0 Å². The molecule has 21 heavy (non-hydrogen) atoms. The van der Waals surface area contributed by atoms with Gasteiger partial charge in [0.05, 0.1) is 15.5 Å². The molecule has 1 heterocycles. The van der Waals surface area contributed by atoms with E-state index in [0.717, 1.165) is 24.4 Å². The first-order chi connectivity index (χ1) is 9.93. The molecule has 0 aliphatic rings. The Balaban J connectivity index is 2.38. The van der Waals surface area contributed by atoms with Crippen LogP contribution < -0.4 is 0 Å². The summed E-state index contributed by atoms with van der Waals surface area (Å²) >= 11 is 9.11. The van der Waals surface area contributed by atoms with Crippen LogP contribution in [0.5, 0.6) is 0 Å². The largest absolute Gasteiger partial charge is 0.327 e. The highest BCUT2D eigenvalue weighted by Gasteiger charge is 2.14. The molecular formula is C15H20BrClFN3. The average molecular weight is 377 g/mol. The Bertz CT molecular complexity index is 627. The maximum Gasteiger partial charge on any atom is 0.139 e. The van der Waals surface area contributed by atoms with Crippen molar-refractivity contribution < 1.29 is 4.39 Å². The van der Waals surface area contributed by atoms with Crippen molar-refractivity contribution in [3.63, 3.8) is 0 Å². The first-order valence-electron chi connectivity index (χ1n) is 7.04. The predicted molar refractivity (Wildman–Crippen MR) is 89.6 cm³/mol. The summed E-state index contributed by atoms with van der Waals surface area (Å²) in [6.07, 6.45) is 0.681. The fraction of sp³-hybridized carbons (Fsp3) is 0.533. The normalized spacial score (nSPS) is 12.0. The van der Waals surface area contributed by atoms with Gasteiger partial charge >= 0.3 is 0 Å². The van der Waals surface area contributed by atoms with Gasteiger partial charge in [0.2, 0.25) is 0 Å². The molecule has 0 radical (unpaired) electrons. The van der Waals surface area contributed by atoms with Crippen LogP contribution in [0.15, 0.2) is 16.6 Å². The molecule has 0 saturated heterocycles. The summed E-state index contributed by atoms with van der Waals surface area (Å²) in [5.74, 6) is 1.13. The topological polar surface area (TPSA) is 21.1 Å². The number of likely N-dealkylation sites (N-methyl/N-ethyl adjacent to an activating group) is 1. The van der Waals surface area contributed by atoms with Crippen LogP contribution in [0.25, 0.3) is 11.0 Å². The third kappa shape index (κ3) is 3.76. The summed E-state index contributed by atoms with van der Waals surface area (Å²) in [4.78, 5) is 6.80. The summed E-state index contributed by atoms with van der Waals surface area (Å²) in [6, 6.07) is 3.75. The molecule has 2 rings (SSSR count). The molecule has 1 aromatic carbocycles. The Labute approximate surface area is 138 Å². The number of rotatable bonds is 6. The molecule has 3 nitrogen and oxygen atoms in total. The van der Waals surface area contributed by atoms with Crippen LogP contribution in [-0.2, 0) is 13.0 Å². The first kappa shape index (κ1) is 16.7. The van der Waals surface area contributed by atoms with Crippen LogP contribution in [0.3, 0.4) is 0 Å². The number of hydrogen-bond acceptors (Lipinski definition) is 2. The highest BCUT2D eigenvalue weighted by molar-refractivity contribution is 9.10. The van der Waals surface area contributed by atoms with E-state index in [1.54, 1.807) is 6.07 Å². The van der Waals surface area contributed by atoms with Crippen molar-refractivity contribution >= 4 is 38.6 Å². The molecular weight excluding hydrogens is 357 g/mol. The number of nitrogens with zero attached hydrogens (tertiary/aromatic N) is 3. The average Bonchev–Trinajstić information content (AvgIpc) is 2.74. The maximum absolute atomic E-state index is 13.7. The molecule has 0 spiro atoms. The molecule has 0 unspecified atom stereocenters. The fourth-order valence-electron chi connectivity index (χ4n) is 2.21. The van der Waals surface area contributed by atoms with Gasteiger partial charge in [0.1, 0.15) is 11.6 Å². The highest BCUT2D eigenvalue weighted by atomic mass is 79.9. The second-order valence-electron chi connectivity index (χ2n) is 5.45. The molecule has 2 aromatic rings. The third-order valence-electron chi connectivity index (χ3n) is 3.75. The van der Waals surface area contributed by atoms with Crippen molar-refractivity contribution in [1.82, 2.24) is 14.5 Å². The summed E-state index contributed by atoms with van der Waals surface area (Å²) in [6.45, 7) is 6.05. The van der Waals surface area contributed by atoms with E-state index < -0.39 is 0 Å². The number of aryl methyl sites for hydroxylation is 1. The van der Waals surface area contributed by atoms with E-state index in [9.17, 15) is 4.39 Å². The number of alkyl halides is 1. The Kier molecular flexibility index (Phi) is 5.63. The number of imidazole rings is 1. The summed E-state index contributed by atoms with van der Waals surface area (Å²) < 4.78 is 16.3. The van der Waals surface area contributed by atoms with E-state index in [1.807, 2.05) is 0 Å². The lowest BCUT2D eigenvalue weighted by atomic mass is 10.3. The number of fused-ring (bicyclic) bond motifs is 1. The van der Waals surface area contributed by atoms with Crippen LogP contribution in [0, 0.1) is 5.82 Å². The van der Waals surface area contributed by atoms with Gasteiger partial charge in [-0.1, -0.05) is 0 Å². The zero-order valence-electron chi connectivity index (χ0n) is 12.5. The standard InChI is InChI=1S/C15H20BrClFN3/c1-10(2)20(3)6-7-21-14-8-11(16)12(18)9-13(14)19-15(21)4-5-17/h8-10H,4-7H2,1-3H3. The molecule has 0 aliphatic carbocycles. The minimum absolute atomic E-state index is 0.288. The number of aromatic nitrogens is 2. The van der Waals surface area contributed by atoms with E-state index in [2.05, 4.69) is 51.3 Å². The molecule has 0 N–H and O–H groups in total. The zero-order chi connectivity index (χ0) is 15.6. The van der Waals surface area contributed by atoms with Crippen molar-refractivity contribution in [3.05, 3.63) is 28.2 Å². The van der Waals surface area contributed by atoms with E-state index >= 15 is 0 Å². The molecule has 0 fully saturated rings. The van der Waals surface area contributed by atoms with Gasteiger partial charge in [-0.15, -0.1) is 11.6 Å². The van der Waals surface area contributed by atoms with Crippen molar-refractivity contribution in [1.29, 1.82) is 0 Å². The SMILES string of the molecule is CC(C)N(C)CCn1c(CCCl)nc2cc(F)c(Br)cc21. The second kappa shape index (κ2) is 7.07. The maximum atomic E-state index is 13.7. The molecule has 1 aromatic heterocycles. The Morgan fingerprint density at radius 2 is 2.14 bits per heavy atom. The highest BCUT2D eigenvalue weighted by Crippen LogP contribution is 2.24. The molecule has 6 heteroatoms. The van der Waals surface area contributed by atoms with Gasteiger partial charge < -0.3 is 9.47 Å². The Hall–Kier alpha value is -0.650. The summed E-state index contributed by atoms with van der Waals surface area (Å²) in [5, 5.41) is 0. The third-order valence-corrected chi connectivity index (χ3v) is 4.54. The second-order valence-corrected chi connectivity index (χ2v) is 6.68. The number of hydrogen-bond donors (Lipinski definition) is 0. The number of benzene rings is 1. The van der Waals surface area contributed by atoms with Crippen LogP contribution in [0.2, 0.25) is 0 Å². The molecule has 0 atom stereocenters. The van der Waals surface area contributed by atoms with Gasteiger partial charge in [-0.3, -0.25) is 0 Å². The number of halogens is 3. The minimum Gasteiger partial charge on any atom is -0.327 e. The predicted octanol–water partition coefficient (Wildman–Crippen LogP) is 4.06. The van der Waals surface area contributed by atoms with Gasteiger partial charge in [0.25, 0.3) is 0 Å². The van der Waals surface area contributed by atoms with Gasteiger partial charge in [0.15, 0.2) is 0 Å². The quantitative estimate of drug-likeness (QED) is 0.709. The monoisotopic (exact) mass is 375 g/mol. The van der Waals surface area contributed by atoms with E-state index in [4.69, 9.17) is 11.6 Å². The summed E-state index contributed by atoms with van der Waals surface area (Å²) in [7, 11) is 2.10. The van der Waals surface area contributed by atoms with Crippen LogP contribution in [0.4, 0.5) is 4.39 Å². The first-order valence-corrected chi connectivity index (χ1v) is 8.37. The Morgan fingerprint density at radius 1 is 1.43 bits per heavy atom. The van der Waals surface area contributed by atoms with Crippen molar-refractivity contribution in [2.75, 3.05) is 19.5 Å². The fourth-order valence-corrected chi connectivity index (χ4v) is 2.71. The molecule has 0 saturated carbocycles. The molecule has 0 bridgehead atoms. The van der Waals surface area contributed by atoms with Crippen molar-refractivity contribution in [3.8, 4) is 0 Å². The van der Waals surface area contributed by atoms with E-state index in [1.165, 1.54) is 6.07 Å². The smallest absolute Gasteiger partial charge is 0.139 e. The molecule has 0 amide bonds. The zero-order valence-corrected chi connectivity index (χ0v) is 14.9. The van der Waals surface area contributed by atoms with Gasteiger partial charge in [-0.05, 0) is 42.9 Å². The Morgan fingerprint density at radius 3 is 2.76 bits per heavy atom. The van der Waals surface area contributed by atoms with Crippen molar-refractivity contribution in [2.24, 2.45) is 0 Å². The molecule has 0 aliphatic heterocycles. The van der Waals surface area contributed by atoms with Gasteiger partial charge in [-0.25, -0.2) is 9.37 Å². The lowest BCUT2D eigenvalue weighted by Gasteiger charge is -2.21. The van der Waals surface area contributed by atoms with Crippen LogP contribution in [0.1, 0.15) is 19.7 Å². The van der Waals surface area contributed by atoms with Gasteiger partial charge in [-0.2, -0.15) is 0 Å². The van der Waals surface area contributed by atoms with Crippen LogP contribution >= 0.6 is 27.5 Å². The lowest BCUT2D eigenvalue weighted by molar-refractivity contribution is 0.263. The van der Waals surface area contributed by atoms with Crippen molar-refractivity contribution in [2.45, 2.75) is 32.9 Å². The van der Waals surface area contributed by atoms with E-state index in [-0.39, 0.29) is 5.82 Å². The summed E-state index contributed by atoms with van der Waals surface area (Å²) in [5.41, 5.74) is 1.63.